The van der Waals surface area contributed by atoms with Gasteiger partial charge in [-0.3, -0.25) is 0 Å². The molecule has 0 fully saturated rings. The average Bonchev–Trinajstić information content (AvgIpc) is 2.19. The summed E-state index contributed by atoms with van der Waals surface area (Å²) in [4.78, 5) is 0. The molecule has 0 aliphatic carbocycles. The van der Waals surface area contributed by atoms with Crippen molar-refractivity contribution in [1.82, 2.24) is 0 Å². The van der Waals surface area contributed by atoms with E-state index < -0.39 is 0 Å². The van der Waals surface area contributed by atoms with Crippen LogP contribution in [0.25, 0.3) is 0 Å². The molecular weight excluding hydrogens is 340 g/mol. The standard InChI is InChI=1S/C11H16INO2.ClH/c1-7(13)4-8-5-9(14-2)11(12)10(6-8)15-3;/h5-7H,4,13H2,1-3H3;1H/t7-;/m1./s1. The molecule has 0 aliphatic rings. The van der Waals surface area contributed by atoms with Crippen molar-refractivity contribution in [2.24, 2.45) is 5.73 Å². The van der Waals surface area contributed by atoms with Gasteiger partial charge >= 0.3 is 0 Å². The highest BCUT2D eigenvalue weighted by molar-refractivity contribution is 14.1. The maximum absolute atomic E-state index is 5.76. The molecule has 3 nitrogen and oxygen atoms in total. The Hall–Kier alpha value is -0.200. The first-order chi connectivity index (χ1) is 7.08. The van der Waals surface area contributed by atoms with E-state index in [-0.39, 0.29) is 18.4 Å². The second-order valence-corrected chi connectivity index (χ2v) is 4.57. The first-order valence-corrected chi connectivity index (χ1v) is 5.82. The third kappa shape index (κ3) is 3.99. The van der Waals surface area contributed by atoms with Crippen molar-refractivity contribution < 1.29 is 9.47 Å². The topological polar surface area (TPSA) is 44.5 Å². The summed E-state index contributed by atoms with van der Waals surface area (Å²) < 4.78 is 11.6. The molecule has 0 unspecified atom stereocenters. The van der Waals surface area contributed by atoms with E-state index in [4.69, 9.17) is 15.2 Å². The molecule has 0 aromatic heterocycles. The molecule has 5 heteroatoms. The van der Waals surface area contributed by atoms with Crippen LogP contribution in [0.15, 0.2) is 12.1 Å². The second-order valence-electron chi connectivity index (χ2n) is 3.50. The third-order valence-electron chi connectivity index (χ3n) is 2.06. The molecule has 1 aromatic rings. The van der Waals surface area contributed by atoms with E-state index >= 15 is 0 Å². The van der Waals surface area contributed by atoms with Gasteiger partial charge < -0.3 is 15.2 Å². The summed E-state index contributed by atoms with van der Waals surface area (Å²) >= 11 is 2.21. The molecule has 0 saturated heterocycles. The molecule has 0 amide bonds. The quantitative estimate of drug-likeness (QED) is 0.843. The Labute approximate surface area is 116 Å². The van der Waals surface area contributed by atoms with E-state index in [1.54, 1.807) is 14.2 Å². The van der Waals surface area contributed by atoms with E-state index in [9.17, 15) is 0 Å². The van der Waals surface area contributed by atoms with Crippen LogP contribution in [0.3, 0.4) is 0 Å². The Morgan fingerprint density at radius 3 is 2.00 bits per heavy atom. The minimum absolute atomic E-state index is 0. The Balaban J connectivity index is 0.00000225. The Morgan fingerprint density at radius 1 is 1.25 bits per heavy atom. The van der Waals surface area contributed by atoms with Crippen LogP contribution >= 0.6 is 35.0 Å². The summed E-state index contributed by atoms with van der Waals surface area (Å²) in [6, 6.07) is 4.15. The summed E-state index contributed by atoms with van der Waals surface area (Å²) in [6.45, 7) is 1.98. The van der Waals surface area contributed by atoms with Crippen molar-refractivity contribution in [1.29, 1.82) is 0 Å². The highest BCUT2D eigenvalue weighted by Crippen LogP contribution is 2.32. The Kier molecular flexibility index (Phi) is 7.10. The van der Waals surface area contributed by atoms with Gasteiger partial charge in [0.25, 0.3) is 0 Å². The fourth-order valence-corrected chi connectivity index (χ4v) is 2.17. The van der Waals surface area contributed by atoms with E-state index in [1.807, 2.05) is 19.1 Å². The van der Waals surface area contributed by atoms with Gasteiger partial charge in [0.2, 0.25) is 0 Å². The van der Waals surface area contributed by atoms with Gasteiger partial charge in [-0.1, -0.05) is 0 Å². The first-order valence-electron chi connectivity index (χ1n) is 4.74. The van der Waals surface area contributed by atoms with Crippen molar-refractivity contribution in [3.63, 3.8) is 0 Å². The molecule has 0 heterocycles. The summed E-state index contributed by atoms with van der Waals surface area (Å²) in [6.07, 6.45) is 0.823. The maximum atomic E-state index is 5.76. The molecule has 92 valence electrons. The number of nitrogens with two attached hydrogens (primary N) is 1. The summed E-state index contributed by atoms with van der Waals surface area (Å²) in [5.74, 6) is 1.68. The Bertz CT molecular complexity index is 320. The normalized spacial score (nSPS) is 11.6. The number of halogens is 2. The lowest BCUT2D eigenvalue weighted by Crippen LogP contribution is -2.17. The molecule has 16 heavy (non-hydrogen) atoms. The molecule has 0 spiro atoms. The van der Waals surface area contributed by atoms with Crippen molar-refractivity contribution >= 4 is 35.0 Å². The molecule has 1 atom stereocenters. The second kappa shape index (κ2) is 7.19. The van der Waals surface area contributed by atoms with Crippen molar-refractivity contribution in [2.45, 2.75) is 19.4 Å². The lowest BCUT2D eigenvalue weighted by molar-refractivity contribution is 0.388. The highest BCUT2D eigenvalue weighted by Gasteiger charge is 2.10. The van der Waals surface area contributed by atoms with E-state index in [2.05, 4.69) is 22.6 Å². The van der Waals surface area contributed by atoms with E-state index in [0.717, 1.165) is 27.1 Å². The molecule has 1 aromatic carbocycles. The fourth-order valence-electron chi connectivity index (χ4n) is 1.41. The molecular formula is C11H17ClINO2. The van der Waals surface area contributed by atoms with Gasteiger partial charge in [-0.2, -0.15) is 0 Å². The van der Waals surface area contributed by atoms with Crippen LogP contribution in [-0.4, -0.2) is 20.3 Å². The zero-order valence-electron chi connectivity index (χ0n) is 9.62. The van der Waals surface area contributed by atoms with Crippen LogP contribution in [-0.2, 0) is 6.42 Å². The minimum atomic E-state index is 0. The van der Waals surface area contributed by atoms with Crippen LogP contribution in [0, 0.1) is 3.57 Å². The van der Waals surface area contributed by atoms with Crippen LogP contribution in [0.5, 0.6) is 11.5 Å². The van der Waals surface area contributed by atoms with Crippen molar-refractivity contribution in [3.05, 3.63) is 21.3 Å². The van der Waals surface area contributed by atoms with Crippen LogP contribution in [0.4, 0.5) is 0 Å². The fraction of sp³-hybridized carbons (Fsp3) is 0.455. The van der Waals surface area contributed by atoms with Gasteiger partial charge in [-0.25, -0.2) is 0 Å². The summed E-state index contributed by atoms with van der Waals surface area (Å²) in [5.41, 5.74) is 6.90. The van der Waals surface area contributed by atoms with Crippen molar-refractivity contribution in [2.75, 3.05) is 14.2 Å². The number of hydrogen-bond acceptors (Lipinski definition) is 3. The highest BCUT2D eigenvalue weighted by atomic mass is 127. The molecule has 0 radical (unpaired) electrons. The maximum Gasteiger partial charge on any atom is 0.136 e. The Morgan fingerprint density at radius 2 is 1.69 bits per heavy atom. The molecule has 0 aliphatic heterocycles. The molecule has 0 saturated carbocycles. The van der Waals surface area contributed by atoms with Gasteiger partial charge in [0.15, 0.2) is 0 Å². The molecule has 2 N–H and O–H groups in total. The molecule has 0 bridgehead atoms. The largest absolute Gasteiger partial charge is 0.495 e. The lowest BCUT2D eigenvalue weighted by Gasteiger charge is -2.12. The zero-order valence-corrected chi connectivity index (χ0v) is 12.6. The van der Waals surface area contributed by atoms with E-state index in [1.165, 1.54) is 0 Å². The first kappa shape index (κ1) is 15.8. The zero-order chi connectivity index (χ0) is 11.4. The third-order valence-corrected chi connectivity index (χ3v) is 3.13. The predicted octanol–water partition coefficient (Wildman–Crippen LogP) is 2.62. The number of rotatable bonds is 4. The van der Waals surface area contributed by atoms with Crippen LogP contribution in [0.1, 0.15) is 12.5 Å². The smallest absolute Gasteiger partial charge is 0.136 e. The average molecular weight is 358 g/mol. The number of hydrogen-bond donors (Lipinski definition) is 1. The monoisotopic (exact) mass is 357 g/mol. The number of methoxy groups -OCH3 is 2. The SMILES string of the molecule is COc1cc(C[C@@H](C)N)cc(OC)c1I.Cl. The summed E-state index contributed by atoms with van der Waals surface area (Å²) in [7, 11) is 3.32. The van der Waals surface area contributed by atoms with E-state index in [0.29, 0.717) is 0 Å². The van der Waals surface area contributed by atoms with Gasteiger partial charge in [-0.05, 0) is 53.6 Å². The summed E-state index contributed by atoms with van der Waals surface area (Å²) in [5, 5.41) is 0. The minimum Gasteiger partial charge on any atom is -0.495 e. The van der Waals surface area contributed by atoms with Gasteiger partial charge in [0, 0.05) is 6.04 Å². The lowest BCUT2D eigenvalue weighted by atomic mass is 10.1. The van der Waals surface area contributed by atoms with Gasteiger partial charge in [-0.15, -0.1) is 12.4 Å². The van der Waals surface area contributed by atoms with Crippen LogP contribution < -0.4 is 15.2 Å². The van der Waals surface area contributed by atoms with Crippen molar-refractivity contribution in [3.8, 4) is 11.5 Å². The van der Waals surface area contributed by atoms with Crippen LogP contribution in [0.2, 0.25) is 0 Å². The molecule has 1 rings (SSSR count). The number of ether oxygens (including phenoxy) is 2. The van der Waals surface area contributed by atoms with Gasteiger partial charge in [0.05, 0.1) is 17.8 Å². The van der Waals surface area contributed by atoms with Gasteiger partial charge in [0.1, 0.15) is 11.5 Å². The number of benzene rings is 1. The predicted molar refractivity (Wildman–Crippen MR) is 76.9 cm³/mol.